The fourth-order valence-corrected chi connectivity index (χ4v) is 2.32. The lowest BCUT2D eigenvalue weighted by Crippen LogP contribution is -2.17. The lowest BCUT2D eigenvalue weighted by Gasteiger charge is -2.12. The van der Waals surface area contributed by atoms with Gasteiger partial charge in [0.25, 0.3) is 0 Å². The quantitative estimate of drug-likeness (QED) is 0.345. The van der Waals surface area contributed by atoms with E-state index in [2.05, 4.69) is 45.5 Å². The van der Waals surface area contributed by atoms with Crippen LogP contribution in [0.3, 0.4) is 0 Å². The third-order valence-corrected chi connectivity index (χ3v) is 2.87. The van der Waals surface area contributed by atoms with E-state index in [-0.39, 0.29) is 5.84 Å². The molecule has 0 aliphatic heterocycles. The molecule has 0 aliphatic carbocycles. The maximum Gasteiger partial charge on any atom is 0.140 e. The fraction of sp³-hybridized carbons (Fsp3) is 0.364. The minimum Gasteiger partial charge on any atom is -0.409 e. The lowest BCUT2D eigenvalue weighted by atomic mass is 10.1. The first-order valence-electron chi connectivity index (χ1n) is 5.01. The van der Waals surface area contributed by atoms with Gasteiger partial charge in [-0.2, -0.15) is 0 Å². The Bertz CT molecular complexity index is 381. The molecule has 0 aliphatic rings. The second kappa shape index (κ2) is 5.75. The molecule has 0 heterocycles. The summed E-state index contributed by atoms with van der Waals surface area (Å²) in [5.74, 6) is 0.230. The highest BCUT2D eigenvalue weighted by atomic mass is 79.9. The summed E-state index contributed by atoms with van der Waals surface area (Å²) in [6, 6.07) is 4.16. The molecule has 0 aromatic heterocycles. The van der Waals surface area contributed by atoms with Gasteiger partial charge in [0, 0.05) is 17.4 Å². The highest BCUT2D eigenvalue weighted by molar-refractivity contribution is 9.10. The second-order valence-corrected chi connectivity index (χ2v) is 4.56. The van der Waals surface area contributed by atoms with E-state index in [4.69, 9.17) is 10.9 Å². The van der Waals surface area contributed by atoms with Crippen LogP contribution in [0.15, 0.2) is 21.8 Å². The molecule has 5 heteroatoms. The van der Waals surface area contributed by atoms with Gasteiger partial charge in [-0.3, -0.25) is 0 Å². The molecule has 0 saturated heterocycles. The van der Waals surface area contributed by atoms with E-state index in [1.54, 1.807) is 0 Å². The third-order valence-electron chi connectivity index (χ3n) is 2.24. The zero-order valence-corrected chi connectivity index (χ0v) is 11.0. The van der Waals surface area contributed by atoms with Crippen molar-refractivity contribution in [3.05, 3.63) is 27.7 Å². The Morgan fingerprint density at radius 2 is 2.19 bits per heavy atom. The summed E-state index contributed by atoms with van der Waals surface area (Å²) in [6.45, 7) is 4.74. The number of nitrogens with one attached hydrogen (secondary N) is 1. The number of halogens is 1. The van der Waals surface area contributed by atoms with E-state index < -0.39 is 0 Å². The van der Waals surface area contributed by atoms with Crippen LogP contribution in [0.1, 0.15) is 17.5 Å². The maximum absolute atomic E-state index is 8.40. The van der Waals surface area contributed by atoms with Gasteiger partial charge >= 0.3 is 0 Å². The lowest BCUT2D eigenvalue weighted by molar-refractivity contribution is 0.317. The molecular formula is C11H16BrN3O. The fourth-order valence-electron chi connectivity index (χ4n) is 1.51. The molecule has 4 N–H and O–H groups in total. The summed E-state index contributed by atoms with van der Waals surface area (Å²) in [5, 5.41) is 14.6. The molecule has 0 bridgehead atoms. The summed E-state index contributed by atoms with van der Waals surface area (Å²) in [5.41, 5.74) is 8.82. The van der Waals surface area contributed by atoms with Crippen molar-refractivity contribution in [3.8, 4) is 0 Å². The van der Waals surface area contributed by atoms with Gasteiger partial charge in [0.05, 0.1) is 5.69 Å². The first-order chi connectivity index (χ1) is 7.54. The van der Waals surface area contributed by atoms with E-state index in [0.29, 0.717) is 13.0 Å². The van der Waals surface area contributed by atoms with Crippen LogP contribution in [0.4, 0.5) is 5.69 Å². The van der Waals surface area contributed by atoms with Crippen LogP contribution in [0.25, 0.3) is 0 Å². The van der Waals surface area contributed by atoms with Crippen molar-refractivity contribution in [2.75, 3.05) is 11.9 Å². The molecule has 0 amide bonds. The molecule has 0 spiro atoms. The zero-order chi connectivity index (χ0) is 12.1. The highest BCUT2D eigenvalue weighted by Gasteiger charge is 2.04. The van der Waals surface area contributed by atoms with Crippen LogP contribution in [-0.4, -0.2) is 17.6 Å². The van der Waals surface area contributed by atoms with Crippen LogP contribution in [0, 0.1) is 13.8 Å². The van der Waals surface area contributed by atoms with Gasteiger partial charge in [-0.15, -0.1) is 0 Å². The molecule has 1 aromatic rings. The number of nitrogens with zero attached hydrogens (tertiary/aromatic N) is 1. The summed E-state index contributed by atoms with van der Waals surface area (Å²) in [4.78, 5) is 0. The van der Waals surface area contributed by atoms with Gasteiger partial charge in [-0.25, -0.2) is 0 Å². The van der Waals surface area contributed by atoms with E-state index in [1.165, 1.54) is 11.1 Å². The van der Waals surface area contributed by atoms with Crippen LogP contribution < -0.4 is 11.1 Å². The Labute approximate surface area is 104 Å². The summed E-state index contributed by atoms with van der Waals surface area (Å²) < 4.78 is 1.03. The Morgan fingerprint density at radius 1 is 1.50 bits per heavy atom. The number of amidine groups is 1. The summed E-state index contributed by atoms with van der Waals surface area (Å²) in [6.07, 6.45) is 0.510. The molecule has 0 saturated carbocycles. The summed E-state index contributed by atoms with van der Waals surface area (Å²) >= 11 is 3.51. The van der Waals surface area contributed by atoms with Crippen LogP contribution >= 0.6 is 15.9 Å². The van der Waals surface area contributed by atoms with E-state index >= 15 is 0 Å². The van der Waals surface area contributed by atoms with Gasteiger partial charge in [0.15, 0.2) is 0 Å². The highest BCUT2D eigenvalue weighted by Crippen LogP contribution is 2.27. The van der Waals surface area contributed by atoms with Crippen molar-refractivity contribution in [1.82, 2.24) is 0 Å². The minimum atomic E-state index is 0.230. The molecule has 0 unspecified atom stereocenters. The largest absolute Gasteiger partial charge is 0.409 e. The standard InChI is InChI=1S/C11H16BrN3O/c1-7-5-8(2)11(9(12)6-7)14-4-3-10(13)15-16/h5-6,14,16H,3-4H2,1-2H3,(H2,13,15). The SMILES string of the molecule is Cc1cc(C)c(NCC/C(N)=N/O)c(Br)c1. The van der Waals surface area contributed by atoms with Crippen LogP contribution in [0.5, 0.6) is 0 Å². The molecule has 1 rings (SSSR count). The van der Waals surface area contributed by atoms with E-state index in [9.17, 15) is 0 Å². The van der Waals surface area contributed by atoms with Crippen molar-refractivity contribution >= 4 is 27.5 Å². The predicted molar refractivity (Wildman–Crippen MR) is 70.1 cm³/mol. The molecule has 0 atom stereocenters. The van der Waals surface area contributed by atoms with Gasteiger partial charge in [0.2, 0.25) is 0 Å². The van der Waals surface area contributed by atoms with Crippen molar-refractivity contribution < 1.29 is 5.21 Å². The average molecular weight is 286 g/mol. The maximum atomic E-state index is 8.40. The van der Waals surface area contributed by atoms with Gasteiger partial charge in [-0.05, 0) is 47.0 Å². The average Bonchev–Trinajstić information content (AvgIpc) is 2.21. The molecule has 1 aromatic carbocycles. The molecule has 0 radical (unpaired) electrons. The van der Waals surface area contributed by atoms with Crippen molar-refractivity contribution in [3.63, 3.8) is 0 Å². The predicted octanol–water partition coefficient (Wildman–Crippen LogP) is 2.61. The number of hydrogen-bond donors (Lipinski definition) is 3. The summed E-state index contributed by atoms with van der Waals surface area (Å²) in [7, 11) is 0. The van der Waals surface area contributed by atoms with Gasteiger partial charge < -0.3 is 16.3 Å². The number of oxime groups is 1. The van der Waals surface area contributed by atoms with Crippen molar-refractivity contribution in [1.29, 1.82) is 0 Å². The number of hydrogen-bond acceptors (Lipinski definition) is 3. The van der Waals surface area contributed by atoms with E-state index in [1.807, 2.05) is 6.92 Å². The Morgan fingerprint density at radius 3 is 2.75 bits per heavy atom. The zero-order valence-electron chi connectivity index (χ0n) is 9.42. The second-order valence-electron chi connectivity index (χ2n) is 3.71. The van der Waals surface area contributed by atoms with Crippen molar-refractivity contribution in [2.45, 2.75) is 20.3 Å². The van der Waals surface area contributed by atoms with E-state index in [0.717, 1.165) is 10.2 Å². The van der Waals surface area contributed by atoms with Gasteiger partial charge in [0.1, 0.15) is 5.84 Å². The molecule has 0 fully saturated rings. The first-order valence-corrected chi connectivity index (χ1v) is 5.81. The normalized spacial score (nSPS) is 11.6. The van der Waals surface area contributed by atoms with Crippen molar-refractivity contribution in [2.24, 2.45) is 10.9 Å². The Hall–Kier alpha value is -1.23. The van der Waals surface area contributed by atoms with Gasteiger partial charge in [-0.1, -0.05) is 11.2 Å². The molecule has 4 nitrogen and oxygen atoms in total. The Balaban J connectivity index is 2.67. The number of aryl methyl sites for hydroxylation is 2. The monoisotopic (exact) mass is 285 g/mol. The number of rotatable bonds is 4. The number of anilines is 1. The smallest absolute Gasteiger partial charge is 0.140 e. The van der Waals surface area contributed by atoms with Crippen LogP contribution in [0.2, 0.25) is 0 Å². The number of benzene rings is 1. The number of nitrogens with two attached hydrogens (primary N) is 1. The third kappa shape index (κ3) is 3.41. The molecule has 16 heavy (non-hydrogen) atoms. The topological polar surface area (TPSA) is 70.6 Å². The minimum absolute atomic E-state index is 0.230. The first kappa shape index (κ1) is 12.8. The van der Waals surface area contributed by atoms with Crippen LogP contribution in [-0.2, 0) is 0 Å². The molecule has 88 valence electrons. The Kier molecular flexibility index (Phi) is 4.61. The molecular weight excluding hydrogens is 270 g/mol.